The molecule has 2 saturated carbocycles. The Balaban J connectivity index is 1.44. The summed E-state index contributed by atoms with van der Waals surface area (Å²) in [5.41, 5.74) is 2.97. The number of carbonyl (C=O) groups is 1. The summed E-state index contributed by atoms with van der Waals surface area (Å²) in [6.45, 7) is 1.97. The van der Waals surface area contributed by atoms with E-state index in [1.165, 1.54) is 24.0 Å². The average Bonchev–Trinajstić information content (AvgIpc) is 3.33. The fourth-order valence-corrected chi connectivity index (χ4v) is 3.51. The molecule has 2 aliphatic carbocycles. The standard InChI is InChI=1S/C18H25NO2/c20-18(21)15-7-5-13(6-8-15)11-19-12-16-3-1-2-4-17(16)14-9-10-14/h1-4,13-15,19H,5-12H2,(H,20,21). The third-order valence-electron chi connectivity index (χ3n) is 5.02. The molecule has 1 aromatic rings. The maximum absolute atomic E-state index is 11.0. The van der Waals surface area contributed by atoms with Gasteiger partial charge in [0.1, 0.15) is 0 Å². The molecule has 21 heavy (non-hydrogen) atoms. The number of benzene rings is 1. The van der Waals surface area contributed by atoms with Crippen molar-refractivity contribution >= 4 is 5.97 Å². The van der Waals surface area contributed by atoms with E-state index in [9.17, 15) is 4.79 Å². The molecule has 2 fully saturated rings. The Hall–Kier alpha value is -1.35. The smallest absolute Gasteiger partial charge is 0.306 e. The quantitative estimate of drug-likeness (QED) is 0.841. The zero-order valence-corrected chi connectivity index (χ0v) is 12.6. The summed E-state index contributed by atoms with van der Waals surface area (Å²) in [6, 6.07) is 8.78. The Bertz CT molecular complexity index is 488. The van der Waals surface area contributed by atoms with Gasteiger partial charge in [-0.3, -0.25) is 4.79 Å². The van der Waals surface area contributed by atoms with Crippen molar-refractivity contribution in [2.75, 3.05) is 6.54 Å². The number of rotatable bonds is 6. The van der Waals surface area contributed by atoms with Gasteiger partial charge in [-0.15, -0.1) is 0 Å². The van der Waals surface area contributed by atoms with E-state index < -0.39 is 5.97 Å². The molecule has 3 rings (SSSR count). The predicted molar refractivity (Wildman–Crippen MR) is 83.2 cm³/mol. The molecular formula is C18H25NO2. The highest BCUT2D eigenvalue weighted by Gasteiger charge is 2.27. The monoisotopic (exact) mass is 287 g/mol. The van der Waals surface area contributed by atoms with Gasteiger partial charge in [0.2, 0.25) is 0 Å². The average molecular weight is 287 g/mol. The molecule has 0 heterocycles. The Labute approximate surface area is 126 Å². The molecule has 2 N–H and O–H groups in total. The second kappa shape index (κ2) is 6.61. The van der Waals surface area contributed by atoms with Crippen molar-refractivity contribution in [3.8, 4) is 0 Å². The van der Waals surface area contributed by atoms with E-state index in [2.05, 4.69) is 29.6 Å². The lowest BCUT2D eigenvalue weighted by molar-refractivity contribution is -0.143. The molecule has 0 radical (unpaired) electrons. The van der Waals surface area contributed by atoms with Crippen LogP contribution in [-0.2, 0) is 11.3 Å². The molecule has 3 heteroatoms. The van der Waals surface area contributed by atoms with Gasteiger partial charge in [0.15, 0.2) is 0 Å². The van der Waals surface area contributed by atoms with Crippen LogP contribution in [0.2, 0.25) is 0 Å². The van der Waals surface area contributed by atoms with Crippen molar-refractivity contribution in [2.45, 2.75) is 51.0 Å². The van der Waals surface area contributed by atoms with Crippen molar-refractivity contribution in [1.82, 2.24) is 5.32 Å². The van der Waals surface area contributed by atoms with Crippen LogP contribution in [0, 0.1) is 11.8 Å². The molecular weight excluding hydrogens is 262 g/mol. The van der Waals surface area contributed by atoms with Crippen molar-refractivity contribution in [2.24, 2.45) is 11.8 Å². The zero-order chi connectivity index (χ0) is 14.7. The topological polar surface area (TPSA) is 49.3 Å². The summed E-state index contributed by atoms with van der Waals surface area (Å²) in [5, 5.41) is 12.6. The predicted octanol–water partition coefficient (Wildman–Crippen LogP) is 3.54. The number of carboxylic acid groups (broad SMARTS) is 1. The van der Waals surface area contributed by atoms with Gasteiger partial charge in [0.05, 0.1) is 5.92 Å². The summed E-state index contributed by atoms with van der Waals surface area (Å²) >= 11 is 0. The highest BCUT2D eigenvalue weighted by atomic mass is 16.4. The Morgan fingerprint density at radius 1 is 1.10 bits per heavy atom. The van der Waals surface area contributed by atoms with Gasteiger partial charge in [0, 0.05) is 6.54 Å². The number of hydrogen-bond donors (Lipinski definition) is 2. The lowest BCUT2D eigenvalue weighted by Crippen LogP contribution is -2.28. The highest BCUT2D eigenvalue weighted by Crippen LogP contribution is 2.41. The Morgan fingerprint density at radius 3 is 2.48 bits per heavy atom. The van der Waals surface area contributed by atoms with Crippen LogP contribution in [-0.4, -0.2) is 17.6 Å². The van der Waals surface area contributed by atoms with Crippen LogP contribution in [0.25, 0.3) is 0 Å². The summed E-state index contributed by atoms with van der Waals surface area (Å²) in [5.74, 6) is 0.735. The first-order valence-electron chi connectivity index (χ1n) is 8.25. The van der Waals surface area contributed by atoms with Gasteiger partial charge in [-0.05, 0) is 68.0 Å². The molecule has 0 bridgehead atoms. The summed E-state index contributed by atoms with van der Waals surface area (Å²) < 4.78 is 0. The number of nitrogens with one attached hydrogen (secondary N) is 1. The van der Waals surface area contributed by atoms with Gasteiger partial charge < -0.3 is 10.4 Å². The lowest BCUT2D eigenvalue weighted by atomic mass is 9.82. The second-order valence-electron chi connectivity index (χ2n) is 6.66. The summed E-state index contributed by atoms with van der Waals surface area (Å²) in [4.78, 5) is 11.0. The molecule has 0 spiro atoms. The normalized spacial score (nSPS) is 25.7. The first-order chi connectivity index (χ1) is 10.2. The van der Waals surface area contributed by atoms with E-state index in [-0.39, 0.29) is 5.92 Å². The zero-order valence-electron chi connectivity index (χ0n) is 12.6. The minimum absolute atomic E-state index is 0.100. The number of hydrogen-bond acceptors (Lipinski definition) is 2. The van der Waals surface area contributed by atoms with Gasteiger partial charge in [0.25, 0.3) is 0 Å². The minimum atomic E-state index is -0.611. The third-order valence-corrected chi connectivity index (χ3v) is 5.02. The first kappa shape index (κ1) is 14.6. The fourth-order valence-electron chi connectivity index (χ4n) is 3.51. The van der Waals surface area contributed by atoms with Gasteiger partial charge >= 0.3 is 5.97 Å². The lowest BCUT2D eigenvalue weighted by Gasteiger charge is -2.26. The molecule has 1 aromatic carbocycles. The molecule has 114 valence electrons. The SMILES string of the molecule is O=C(O)C1CCC(CNCc2ccccc2C2CC2)CC1. The molecule has 0 atom stereocenters. The maximum Gasteiger partial charge on any atom is 0.306 e. The van der Waals surface area contributed by atoms with Crippen LogP contribution < -0.4 is 5.32 Å². The minimum Gasteiger partial charge on any atom is -0.481 e. The summed E-state index contributed by atoms with van der Waals surface area (Å²) in [7, 11) is 0. The number of aliphatic carboxylic acids is 1. The fraction of sp³-hybridized carbons (Fsp3) is 0.611. The first-order valence-corrected chi connectivity index (χ1v) is 8.25. The van der Waals surface area contributed by atoms with E-state index in [4.69, 9.17) is 5.11 Å². The van der Waals surface area contributed by atoms with E-state index in [1.807, 2.05) is 0 Å². The van der Waals surface area contributed by atoms with E-state index in [1.54, 1.807) is 0 Å². The van der Waals surface area contributed by atoms with Crippen LogP contribution in [0.15, 0.2) is 24.3 Å². The molecule has 0 aromatic heterocycles. The molecule has 0 amide bonds. The molecule has 0 saturated heterocycles. The third kappa shape index (κ3) is 3.85. The van der Waals surface area contributed by atoms with E-state index in [0.717, 1.165) is 44.7 Å². The summed E-state index contributed by atoms with van der Waals surface area (Å²) in [6.07, 6.45) is 6.48. The van der Waals surface area contributed by atoms with Crippen molar-refractivity contribution < 1.29 is 9.90 Å². The maximum atomic E-state index is 11.0. The van der Waals surface area contributed by atoms with Crippen LogP contribution >= 0.6 is 0 Å². The van der Waals surface area contributed by atoms with E-state index >= 15 is 0 Å². The van der Waals surface area contributed by atoms with E-state index in [0.29, 0.717) is 5.92 Å². The molecule has 2 aliphatic rings. The van der Waals surface area contributed by atoms with Crippen LogP contribution in [0.5, 0.6) is 0 Å². The van der Waals surface area contributed by atoms with Gasteiger partial charge in [-0.25, -0.2) is 0 Å². The van der Waals surface area contributed by atoms with Crippen LogP contribution in [0.4, 0.5) is 0 Å². The van der Waals surface area contributed by atoms with Crippen LogP contribution in [0.3, 0.4) is 0 Å². The van der Waals surface area contributed by atoms with Gasteiger partial charge in [-0.1, -0.05) is 24.3 Å². The highest BCUT2D eigenvalue weighted by molar-refractivity contribution is 5.69. The van der Waals surface area contributed by atoms with Crippen molar-refractivity contribution in [3.05, 3.63) is 35.4 Å². The van der Waals surface area contributed by atoms with Crippen LogP contribution in [0.1, 0.15) is 55.6 Å². The van der Waals surface area contributed by atoms with Crippen molar-refractivity contribution in [3.63, 3.8) is 0 Å². The largest absolute Gasteiger partial charge is 0.481 e. The Kier molecular flexibility index (Phi) is 4.59. The number of carboxylic acids is 1. The van der Waals surface area contributed by atoms with Crippen molar-refractivity contribution in [1.29, 1.82) is 0 Å². The molecule has 0 aliphatic heterocycles. The Morgan fingerprint density at radius 2 is 1.81 bits per heavy atom. The molecule has 0 unspecified atom stereocenters. The molecule has 3 nitrogen and oxygen atoms in total. The van der Waals surface area contributed by atoms with Gasteiger partial charge in [-0.2, -0.15) is 0 Å². The second-order valence-corrected chi connectivity index (χ2v) is 6.66.